The molecule has 0 saturated carbocycles. The maximum atomic E-state index is 14.2. The number of ether oxygens (including phenoxy) is 1. The fourth-order valence-electron chi connectivity index (χ4n) is 5.18. The number of benzene rings is 2. The summed E-state index contributed by atoms with van der Waals surface area (Å²) in [4.78, 5) is 18.6. The minimum absolute atomic E-state index is 0.0397. The maximum absolute atomic E-state index is 14.2. The lowest BCUT2D eigenvalue weighted by Crippen LogP contribution is -2.62. The van der Waals surface area contributed by atoms with Crippen LogP contribution in [0.15, 0.2) is 72.8 Å². The van der Waals surface area contributed by atoms with Crippen LogP contribution >= 0.6 is 0 Å². The van der Waals surface area contributed by atoms with Gasteiger partial charge < -0.3 is 9.64 Å². The quantitative estimate of drug-likeness (QED) is 0.630. The van der Waals surface area contributed by atoms with Crippen molar-refractivity contribution >= 4 is 5.91 Å². The predicted octanol–water partition coefficient (Wildman–Crippen LogP) is 5.32. The highest BCUT2D eigenvalue weighted by atomic mass is 16.5. The Morgan fingerprint density at radius 2 is 1.65 bits per heavy atom. The van der Waals surface area contributed by atoms with E-state index in [9.17, 15) is 4.79 Å². The molecule has 2 aromatic rings. The van der Waals surface area contributed by atoms with Gasteiger partial charge in [-0.15, -0.1) is 0 Å². The molecule has 1 saturated heterocycles. The third kappa shape index (κ3) is 4.46. The molecule has 1 fully saturated rings. The minimum Gasteiger partial charge on any atom is -0.359 e. The number of carbonyl (C=O) groups excluding carboxylic acids is 1. The van der Waals surface area contributed by atoms with Gasteiger partial charge in [-0.2, -0.15) is 0 Å². The third-order valence-electron chi connectivity index (χ3n) is 6.65. The van der Waals surface area contributed by atoms with Crippen LogP contribution in [0.5, 0.6) is 0 Å². The van der Waals surface area contributed by atoms with Gasteiger partial charge in [0.05, 0.1) is 12.6 Å². The number of hydrogen-bond acceptors (Lipinski definition) is 3. The van der Waals surface area contributed by atoms with Gasteiger partial charge in [0.25, 0.3) is 0 Å². The number of hydrogen-bond donors (Lipinski definition) is 0. The smallest absolute Gasteiger partial charge is 0.243 e. The first-order valence-corrected chi connectivity index (χ1v) is 11.4. The van der Waals surface area contributed by atoms with Crippen LogP contribution in [0, 0.1) is 0 Å². The van der Waals surface area contributed by atoms with Gasteiger partial charge in [-0.1, -0.05) is 72.8 Å². The number of allylic oxidation sites excluding steroid dienone is 1. The summed E-state index contributed by atoms with van der Waals surface area (Å²) in [6, 6.07) is 20.8. The molecule has 2 aliphatic heterocycles. The summed E-state index contributed by atoms with van der Waals surface area (Å²) in [5, 5.41) is 0. The van der Waals surface area contributed by atoms with Crippen LogP contribution in [0.3, 0.4) is 0 Å². The van der Waals surface area contributed by atoms with Crippen molar-refractivity contribution in [3.63, 3.8) is 0 Å². The molecular formula is C27H34N2O2. The summed E-state index contributed by atoms with van der Waals surface area (Å²) in [5.41, 5.74) is 1.13. The lowest BCUT2D eigenvalue weighted by molar-refractivity contribution is -0.159. The third-order valence-corrected chi connectivity index (χ3v) is 6.65. The summed E-state index contributed by atoms with van der Waals surface area (Å²) >= 11 is 0. The van der Waals surface area contributed by atoms with Crippen LogP contribution in [0.4, 0.5) is 0 Å². The van der Waals surface area contributed by atoms with Crippen LogP contribution in [-0.2, 0) is 16.1 Å². The summed E-state index contributed by atoms with van der Waals surface area (Å²) in [5.74, 6) is 0.183. The van der Waals surface area contributed by atoms with Gasteiger partial charge in [0.15, 0.2) is 0 Å². The van der Waals surface area contributed by atoms with Crippen molar-refractivity contribution in [2.24, 2.45) is 0 Å². The van der Waals surface area contributed by atoms with Crippen LogP contribution in [0.2, 0.25) is 0 Å². The van der Waals surface area contributed by atoms with E-state index in [4.69, 9.17) is 4.74 Å². The van der Waals surface area contributed by atoms with E-state index in [0.29, 0.717) is 19.6 Å². The largest absolute Gasteiger partial charge is 0.359 e. The summed E-state index contributed by atoms with van der Waals surface area (Å²) in [7, 11) is 0. The normalized spacial score (nSPS) is 28.0. The molecule has 31 heavy (non-hydrogen) atoms. The van der Waals surface area contributed by atoms with E-state index in [1.54, 1.807) is 0 Å². The van der Waals surface area contributed by atoms with Gasteiger partial charge in [0, 0.05) is 13.1 Å². The molecule has 1 unspecified atom stereocenters. The monoisotopic (exact) mass is 418 g/mol. The Labute approximate surface area is 186 Å². The lowest BCUT2D eigenvalue weighted by atomic mass is 9.88. The maximum Gasteiger partial charge on any atom is 0.243 e. The Bertz CT molecular complexity index is 909. The summed E-state index contributed by atoms with van der Waals surface area (Å²) < 4.78 is 6.27. The van der Waals surface area contributed by atoms with E-state index in [2.05, 4.69) is 79.1 Å². The highest BCUT2D eigenvalue weighted by Gasteiger charge is 2.54. The van der Waals surface area contributed by atoms with E-state index in [-0.39, 0.29) is 11.9 Å². The molecule has 2 aromatic carbocycles. The van der Waals surface area contributed by atoms with E-state index in [0.717, 1.165) is 19.4 Å². The molecular weight excluding hydrogens is 384 g/mol. The summed E-state index contributed by atoms with van der Waals surface area (Å²) in [6.07, 6.45) is 7.08. The van der Waals surface area contributed by atoms with Crippen molar-refractivity contribution in [3.8, 4) is 0 Å². The van der Waals surface area contributed by atoms with E-state index < -0.39 is 11.3 Å². The molecule has 2 aliphatic rings. The van der Waals surface area contributed by atoms with Crippen molar-refractivity contribution < 1.29 is 9.53 Å². The zero-order valence-corrected chi connectivity index (χ0v) is 19.0. The van der Waals surface area contributed by atoms with E-state index in [1.807, 2.05) is 24.3 Å². The molecule has 4 nitrogen and oxygen atoms in total. The summed E-state index contributed by atoms with van der Waals surface area (Å²) in [6.45, 7) is 8.27. The molecule has 0 bridgehead atoms. The average molecular weight is 419 g/mol. The molecule has 0 N–H and O–H groups in total. The van der Waals surface area contributed by atoms with Gasteiger partial charge in [-0.05, 0) is 51.2 Å². The number of carbonyl (C=O) groups is 1. The van der Waals surface area contributed by atoms with Crippen LogP contribution < -0.4 is 0 Å². The van der Waals surface area contributed by atoms with Gasteiger partial charge in [0.2, 0.25) is 5.91 Å². The van der Waals surface area contributed by atoms with Crippen LogP contribution in [0.1, 0.15) is 57.2 Å². The molecule has 0 spiro atoms. The standard InChI is InChI=1S/C27H34N2O2/c1-26(2)29(24(21-31-26)23-16-10-7-11-17-23)27(3)18-12-4-5-13-19-28(25(27)30)20-22-14-8-6-9-15-22/h4,6-12,14-17,24H,5,13,18-21H2,1-3H3/b12-4-/t24-,27?/m1/s1. The topological polar surface area (TPSA) is 32.8 Å². The van der Waals surface area contributed by atoms with Crippen molar-refractivity contribution in [2.45, 2.75) is 63.9 Å². The predicted molar refractivity (Wildman–Crippen MR) is 124 cm³/mol. The zero-order chi connectivity index (χ0) is 21.9. The average Bonchev–Trinajstić information content (AvgIpc) is 3.13. The van der Waals surface area contributed by atoms with Crippen molar-refractivity contribution in [1.29, 1.82) is 0 Å². The Morgan fingerprint density at radius 3 is 2.35 bits per heavy atom. The van der Waals surface area contributed by atoms with Crippen LogP contribution in [-0.4, -0.2) is 40.1 Å². The zero-order valence-electron chi connectivity index (χ0n) is 19.0. The van der Waals surface area contributed by atoms with Crippen molar-refractivity contribution in [2.75, 3.05) is 13.2 Å². The molecule has 0 aromatic heterocycles. The molecule has 0 radical (unpaired) electrons. The van der Waals surface area contributed by atoms with E-state index in [1.165, 1.54) is 11.1 Å². The molecule has 4 heteroatoms. The van der Waals surface area contributed by atoms with E-state index >= 15 is 0 Å². The molecule has 1 amide bonds. The molecule has 0 aliphatic carbocycles. The van der Waals surface area contributed by atoms with Crippen molar-refractivity contribution in [1.82, 2.24) is 9.80 Å². The van der Waals surface area contributed by atoms with Gasteiger partial charge in [-0.3, -0.25) is 9.69 Å². The second-order valence-electron chi connectivity index (χ2n) is 9.36. The highest BCUT2D eigenvalue weighted by molar-refractivity contribution is 5.86. The Balaban J connectivity index is 1.73. The van der Waals surface area contributed by atoms with Gasteiger partial charge >= 0.3 is 0 Å². The fourth-order valence-corrected chi connectivity index (χ4v) is 5.18. The lowest BCUT2D eigenvalue weighted by Gasteiger charge is -2.48. The Morgan fingerprint density at radius 1 is 0.968 bits per heavy atom. The molecule has 2 atom stereocenters. The van der Waals surface area contributed by atoms with Crippen molar-refractivity contribution in [3.05, 3.63) is 83.9 Å². The fraction of sp³-hybridized carbons (Fsp3) is 0.444. The first-order valence-electron chi connectivity index (χ1n) is 11.4. The van der Waals surface area contributed by atoms with Crippen LogP contribution in [0.25, 0.3) is 0 Å². The first-order chi connectivity index (χ1) is 14.9. The number of rotatable bonds is 4. The highest BCUT2D eigenvalue weighted by Crippen LogP contribution is 2.44. The second-order valence-corrected chi connectivity index (χ2v) is 9.36. The molecule has 4 rings (SSSR count). The minimum atomic E-state index is -0.698. The molecule has 2 heterocycles. The Kier molecular flexibility index (Phi) is 6.31. The first kappa shape index (κ1) is 21.8. The van der Waals surface area contributed by atoms with Gasteiger partial charge in [0.1, 0.15) is 11.3 Å². The number of amides is 1. The number of nitrogens with zero attached hydrogens (tertiary/aromatic N) is 2. The SMILES string of the molecule is CC1(C)OC[C@H](c2ccccc2)N1C1(C)C/C=C\CCCN(Cc2ccccc2)C1=O. The Hall–Kier alpha value is -2.43. The second kappa shape index (κ2) is 8.97. The molecule has 164 valence electrons. The van der Waals surface area contributed by atoms with Gasteiger partial charge in [-0.25, -0.2) is 0 Å².